The van der Waals surface area contributed by atoms with Gasteiger partial charge in [-0.3, -0.25) is 0 Å². The molecule has 0 aliphatic carbocycles. The first-order valence-corrected chi connectivity index (χ1v) is 9.34. The molecule has 0 bridgehead atoms. The molecule has 0 aromatic heterocycles. The normalized spacial score (nSPS) is 10.8. The summed E-state index contributed by atoms with van der Waals surface area (Å²) in [5.41, 5.74) is 0. The molecule has 0 N–H and O–H groups in total. The molecule has 0 saturated heterocycles. The smallest absolute Gasteiger partial charge is 0.744 e. The Morgan fingerprint density at radius 2 is 0.857 bits per heavy atom. The number of esters is 2. The quantitative estimate of drug-likeness (QED) is 0.145. The molecule has 0 amide bonds. The van der Waals surface area contributed by atoms with Crippen molar-refractivity contribution in [2.45, 2.75) is 9.79 Å². The van der Waals surface area contributed by atoms with Crippen LogP contribution in [0.25, 0.3) is 0 Å². The Morgan fingerprint density at radius 3 is 1.07 bits per heavy atom. The molecule has 28 heavy (non-hydrogen) atoms. The number of hydrogen-bond acceptors (Lipinski definition) is 10. The molecule has 2 rings (SSSR count). The van der Waals surface area contributed by atoms with Crippen molar-refractivity contribution in [1.82, 2.24) is 0 Å². The van der Waals surface area contributed by atoms with Crippen LogP contribution in [0.1, 0.15) is 0 Å². The Morgan fingerprint density at radius 1 is 0.607 bits per heavy atom. The molecule has 0 spiro atoms. The summed E-state index contributed by atoms with van der Waals surface area (Å²) in [5.74, 6) is -3.34. The minimum atomic E-state index is -4.67. The second-order valence-electron chi connectivity index (χ2n) is 4.63. The average molecular weight is 446 g/mol. The summed E-state index contributed by atoms with van der Waals surface area (Å²) in [6, 6.07) is 7.51. The number of ether oxygens (including phenoxy) is 2. The summed E-state index contributed by atoms with van der Waals surface area (Å²) >= 11 is 0. The van der Waals surface area contributed by atoms with E-state index in [0.29, 0.717) is 0 Å². The predicted molar refractivity (Wildman–Crippen MR) is 80.1 cm³/mol. The third-order valence-corrected chi connectivity index (χ3v) is 4.51. The number of carbonyl (C=O) groups excluding carboxylic acids is 2. The van der Waals surface area contributed by atoms with Gasteiger partial charge in [0, 0.05) is 0 Å². The van der Waals surface area contributed by atoms with E-state index in [4.69, 9.17) is 0 Å². The van der Waals surface area contributed by atoms with Crippen LogP contribution in [0.3, 0.4) is 0 Å². The maximum absolute atomic E-state index is 11.6. The number of rotatable bonds is 4. The fraction of sp³-hybridized carbons (Fsp3) is 0. The molecule has 2 aromatic carbocycles. The van der Waals surface area contributed by atoms with Gasteiger partial charge in [0.15, 0.2) is 0 Å². The van der Waals surface area contributed by atoms with E-state index in [0.717, 1.165) is 48.5 Å². The average Bonchev–Trinajstić information content (AvgIpc) is 2.54. The van der Waals surface area contributed by atoms with E-state index in [9.17, 15) is 35.5 Å². The van der Waals surface area contributed by atoms with Crippen LogP contribution in [0.5, 0.6) is 11.5 Å². The van der Waals surface area contributed by atoms with Gasteiger partial charge in [0.05, 0.1) is 9.79 Å². The van der Waals surface area contributed by atoms with Gasteiger partial charge < -0.3 is 18.6 Å². The van der Waals surface area contributed by atoms with E-state index >= 15 is 0 Å². The fourth-order valence-electron chi connectivity index (χ4n) is 1.65. The van der Waals surface area contributed by atoms with Crippen LogP contribution in [0, 0.1) is 0 Å². The second kappa shape index (κ2) is 10.8. The molecule has 14 heteroatoms. The van der Waals surface area contributed by atoms with Gasteiger partial charge in [-0.05, 0) is 48.5 Å². The van der Waals surface area contributed by atoms with Crippen LogP contribution >= 0.6 is 0 Å². The molecule has 2 aromatic rings. The molecule has 0 saturated carbocycles. The van der Waals surface area contributed by atoms with Crippen molar-refractivity contribution in [3.63, 3.8) is 0 Å². The monoisotopic (exact) mass is 446 g/mol. The summed E-state index contributed by atoms with van der Waals surface area (Å²) < 4.78 is 73.9. The van der Waals surface area contributed by atoms with Gasteiger partial charge in [-0.15, -0.1) is 0 Å². The first-order chi connectivity index (χ1) is 12.0. The number of carbonyl (C=O) groups is 2. The zero-order valence-electron chi connectivity index (χ0n) is 14.5. The molecule has 0 atom stereocenters. The Bertz CT molecular complexity index is 959. The molecule has 0 aliphatic rings. The Labute approximate surface area is 204 Å². The zero-order chi connectivity index (χ0) is 19.5. The van der Waals surface area contributed by atoms with E-state index in [1.54, 1.807) is 0 Å². The molecule has 10 nitrogen and oxygen atoms in total. The summed E-state index contributed by atoms with van der Waals surface area (Å²) in [7, 11) is -9.33. The largest absolute Gasteiger partial charge is 1.00 e. The first kappa shape index (κ1) is 27.2. The summed E-state index contributed by atoms with van der Waals surface area (Å²) in [4.78, 5) is 22.1. The van der Waals surface area contributed by atoms with Crippen LogP contribution < -0.4 is 68.6 Å². The van der Waals surface area contributed by atoms with E-state index < -0.39 is 42.0 Å². The van der Waals surface area contributed by atoms with Gasteiger partial charge in [0.25, 0.3) is 0 Å². The molecule has 0 unspecified atom stereocenters. The van der Waals surface area contributed by atoms with Crippen LogP contribution in [-0.4, -0.2) is 37.9 Å². The van der Waals surface area contributed by atoms with Crippen molar-refractivity contribution in [1.29, 1.82) is 0 Å². The second-order valence-corrected chi connectivity index (χ2v) is 7.39. The molecular weight excluding hydrogens is 438 g/mol. The van der Waals surface area contributed by atoms with E-state index in [2.05, 4.69) is 9.47 Å². The van der Waals surface area contributed by atoms with Crippen LogP contribution in [-0.2, 0) is 29.8 Å². The Hall–Kier alpha value is -0.800. The third kappa shape index (κ3) is 7.91. The molecule has 0 aliphatic heterocycles. The SMILES string of the molecule is O=C(Oc1ccc(S(=O)(=O)[O-])cc1)C(=O)Oc1ccc(S(=O)(=O)[O-])cc1.[Na+].[Na+]. The molecule has 0 fully saturated rings. The van der Waals surface area contributed by atoms with Gasteiger partial charge >= 0.3 is 71.1 Å². The standard InChI is InChI=1S/C14H10O10S2.2Na/c15-13(23-9-1-5-11(6-2-9)25(17,18)19)14(16)24-10-3-7-12(8-4-10)26(20,21)22;;/h1-8H,(H,17,18,19)(H,20,21,22);;/q;2*+1/p-2. The fourth-order valence-corrected chi connectivity index (χ4v) is 2.58. The maximum Gasteiger partial charge on any atom is 1.00 e. The van der Waals surface area contributed by atoms with Gasteiger partial charge in [0.2, 0.25) is 0 Å². The van der Waals surface area contributed by atoms with Crippen molar-refractivity contribution >= 4 is 32.2 Å². The minimum Gasteiger partial charge on any atom is -0.744 e. The van der Waals surface area contributed by atoms with Crippen molar-refractivity contribution in [2.24, 2.45) is 0 Å². The first-order valence-electron chi connectivity index (χ1n) is 6.53. The topological polar surface area (TPSA) is 167 Å². The molecule has 0 heterocycles. The van der Waals surface area contributed by atoms with Crippen LogP contribution in [0.15, 0.2) is 58.3 Å². The Kier molecular flexibility index (Phi) is 10.5. The third-order valence-electron chi connectivity index (χ3n) is 2.81. The molecular formula is C14H8Na2O10S2. The van der Waals surface area contributed by atoms with E-state index in [-0.39, 0.29) is 70.6 Å². The van der Waals surface area contributed by atoms with E-state index in [1.165, 1.54) is 0 Å². The van der Waals surface area contributed by atoms with Crippen molar-refractivity contribution in [3.8, 4) is 11.5 Å². The van der Waals surface area contributed by atoms with Crippen molar-refractivity contribution in [2.75, 3.05) is 0 Å². The number of hydrogen-bond donors (Lipinski definition) is 0. The van der Waals surface area contributed by atoms with Gasteiger partial charge in [-0.1, -0.05) is 0 Å². The summed E-state index contributed by atoms with van der Waals surface area (Å²) in [6.45, 7) is 0. The van der Waals surface area contributed by atoms with Crippen molar-refractivity contribution in [3.05, 3.63) is 48.5 Å². The number of benzene rings is 2. The minimum absolute atomic E-state index is 0. The predicted octanol–water partition coefficient (Wildman–Crippen LogP) is -5.99. The maximum atomic E-state index is 11.6. The van der Waals surface area contributed by atoms with Crippen LogP contribution in [0.4, 0.5) is 0 Å². The van der Waals surface area contributed by atoms with Gasteiger partial charge in [-0.2, -0.15) is 0 Å². The summed E-state index contributed by atoms with van der Waals surface area (Å²) in [5, 5.41) is 0. The van der Waals surface area contributed by atoms with Gasteiger partial charge in [0.1, 0.15) is 31.7 Å². The zero-order valence-corrected chi connectivity index (χ0v) is 20.2. The summed E-state index contributed by atoms with van der Waals surface area (Å²) in [6.07, 6.45) is 0. The van der Waals surface area contributed by atoms with Crippen LogP contribution in [0.2, 0.25) is 0 Å². The van der Waals surface area contributed by atoms with E-state index in [1.807, 2.05) is 0 Å². The van der Waals surface area contributed by atoms with Crippen molar-refractivity contribution < 1.29 is 104 Å². The molecule has 0 radical (unpaired) electrons. The molecule has 138 valence electrons. The van der Waals surface area contributed by atoms with Gasteiger partial charge in [-0.25, -0.2) is 26.4 Å². The Balaban J connectivity index is 0.00000364.